The van der Waals surface area contributed by atoms with Crippen molar-refractivity contribution in [2.24, 2.45) is 0 Å². The molecule has 0 N–H and O–H groups in total. The fourth-order valence-electron chi connectivity index (χ4n) is 1.53. The Kier molecular flexibility index (Phi) is 2.37. The molecule has 0 unspecified atom stereocenters. The molecule has 0 atom stereocenters. The van der Waals surface area contributed by atoms with Crippen LogP contribution in [0.15, 0.2) is 30.3 Å². The smallest absolute Gasteiger partial charge is 0.213 e. The maximum atomic E-state index is 11.4. The topological polar surface area (TPSA) is 39.2 Å². The molecule has 0 saturated heterocycles. The summed E-state index contributed by atoms with van der Waals surface area (Å²) >= 11 is 0. The highest BCUT2D eigenvalue weighted by atomic mass is 16.5. The molecule has 0 spiro atoms. The number of ether oxygens (including phenoxy) is 1. The highest BCUT2D eigenvalue weighted by molar-refractivity contribution is 6.05. The Bertz CT molecular complexity index is 520. The van der Waals surface area contributed by atoms with Crippen LogP contribution in [0.1, 0.15) is 17.3 Å². The first-order chi connectivity index (χ1) is 7.22. The van der Waals surface area contributed by atoms with Crippen molar-refractivity contribution < 1.29 is 9.53 Å². The Morgan fingerprint density at radius 1 is 1.27 bits per heavy atom. The van der Waals surface area contributed by atoms with Crippen molar-refractivity contribution in [2.75, 3.05) is 7.11 Å². The molecule has 1 aromatic carbocycles. The van der Waals surface area contributed by atoms with Crippen LogP contribution in [-0.4, -0.2) is 17.9 Å². The molecular weight excluding hydrogens is 190 g/mol. The summed E-state index contributed by atoms with van der Waals surface area (Å²) in [5, 5.41) is 0.948. The number of para-hydroxylation sites is 1. The summed E-state index contributed by atoms with van der Waals surface area (Å²) in [6.45, 7) is 1.54. The van der Waals surface area contributed by atoms with Crippen LogP contribution in [0.25, 0.3) is 10.9 Å². The Hall–Kier alpha value is -1.90. The van der Waals surface area contributed by atoms with E-state index in [2.05, 4.69) is 4.98 Å². The maximum Gasteiger partial charge on any atom is 0.213 e. The highest BCUT2D eigenvalue weighted by Crippen LogP contribution is 2.20. The van der Waals surface area contributed by atoms with Crippen molar-refractivity contribution in [1.29, 1.82) is 0 Å². The molecule has 2 rings (SSSR count). The summed E-state index contributed by atoms with van der Waals surface area (Å²) in [4.78, 5) is 15.7. The van der Waals surface area contributed by atoms with E-state index in [0.29, 0.717) is 17.0 Å². The minimum atomic E-state index is 0.0151. The number of aromatic nitrogens is 1. The third-order valence-electron chi connectivity index (χ3n) is 2.28. The Balaban J connectivity index is 2.76. The fraction of sp³-hybridized carbons (Fsp3) is 0.167. The van der Waals surface area contributed by atoms with Gasteiger partial charge in [0.05, 0.1) is 12.6 Å². The molecular formula is C12H11NO2. The third-order valence-corrected chi connectivity index (χ3v) is 2.28. The van der Waals surface area contributed by atoms with E-state index in [1.54, 1.807) is 19.2 Å². The number of carbonyl (C=O) groups excluding carboxylic acids is 1. The molecule has 0 fully saturated rings. The number of benzene rings is 1. The van der Waals surface area contributed by atoms with Crippen molar-refractivity contribution in [2.45, 2.75) is 6.92 Å². The third kappa shape index (κ3) is 1.68. The van der Waals surface area contributed by atoms with Gasteiger partial charge in [-0.2, -0.15) is 0 Å². The number of ketones is 1. The van der Waals surface area contributed by atoms with Crippen molar-refractivity contribution in [1.82, 2.24) is 4.98 Å². The van der Waals surface area contributed by atoms with Crippen LogP contribution < -0.4 is 4.74 Å². The second-order valence-corrected chi connectivity index (χ2v) is 3.29. The predicted octanol–water partition coefficient (Wildman–Crippen LogP) is 2.45. The van der Waals surface area contributed by atoms with Crippen LogP contribution in [0, 0.1) is 0 Å². The Morgan fingerprint density at radius 2 is 2.07 bits per heavy atom. The zero-order valence-electron chi connectivity index (χ0n) is 8.65. The van der Waals surface area contributed by atoms with Crippen molar-refractivity contribution in [3.63, 3.8) is 0 Å². The normalized spacial score (nSPS) is 10.3. The molecule has 76 valence electrons. The van der Waals surface area contributed by atoms with Crippen molar-refractivity contribution in [3.05, 3.63) is 35.9 Å². The van der Waals surface area contributed by atoms with E-state index < -0.39 is 0 Å². The summed E-state index contributed by atoms with van der Waals surface area (Å²) in [5.74, 6) is 0.539. The SMILES string of the molecule is COc1ccc2cccc(C(C)=O)c2n1. The summed E-state index contributed by atoms with van der Waals surface area (Å²) in [7, 11) is 1.56. The van der Waals surface area contributed by atoms with Crippen LogP contribution in [0.5, 0.6) is 5.88 Å². The van der Waals surface area contributed by atoms with E-state index in [0.717, 1.165) is 5.39 Å². The highest BCUT2D eigenvalue weighted by Gasteiger charge is 2.07. The molecule has 1 aromatic heterocycles. The predicted molar refractivity (Wildman–Crippen MR) is 58.3 cm³/mol. The average molecular weight is 201 g/mol. The van der Waals surface area contributed by atoms with Gasteiger partial charge in [0.15, 0.2) is 5.78 Å². The molecule has 3 heteroatoms. The molecule has 0 saturated carbocycles. The zero-order chi connectivity index (χ0) is 10.8. The number of fused-ring (bicyclic) bond motifs is 1. The number of pyridine rings is 1. The maximum absolute atomic E-state index is 11.4. The second-order valence-electron chi connectivity index (χ2n) is 3.29. The van der Waals surface area contributed by atoms with Gasteiger partial charge in [-0.05, 0) is 19.1 Å². The standard InChI is InChI=1S/C12H11NO2/c1-8(14)10-5-3-4-9-6-7-11(15-2)13-12(9)10/h3-7H,1-2H3. The van der Waals surface area contributed by atoms with Gasteiger partial charge in [0.1, 0.15) is 0 Å². The summed E-state index contributed by atoms with van der Waals surface area (Å²) in [6, 6.07) is 9.23. The summed E-state index contributed by atoms with van der Waals surface area (Å²) < 4.78 is 5.03. The lowest BCUT2D eigenvalue weighted by atomic mass is 10.1. The molecule has 0 bridgehead atoms. The van der Waals surface area contributed by atoms with Gasteiger partial charge in [-0.3, -0.25) is 4.79 Å². The van der Waals surface area contributed by atoms with Crippen molar-refractivity contribution >= 4 is 16.7 Å². The first kappa shape index (κ1) is 9.65. The summed E-state index contributed by atoms with van der Waals surface area (Å²) in [6.07, 6.45) is 0. The van der Waals surface area contributed by atoms with Gasteiger partial charge in [0.25, 0.3) is 0 Å². The lowest BCUT2D eigenvalue weighted by molar-refractivity contribution is 0.101. The number of rotatable bonds is 2. The first-order valence-corrected chi connectivity index (χ1v) is 4.67. The molecule has 0 aliphatic heterocycles. The van der Waals surface area contributed by atoms with Gasteiger partial charge >= 0.3 is 0 Å². The van der Waals surface area contributed by atoms with E-state index in [-0.39, 0.29) is 5.78 Å². The molecule has 2 aromatic rings. The number of hydrogen-bond donors (Lipinski definition) is 0. The zero-order valence-corrected chi connectivity index (χ0v) is 8.65. The van der Waals surface area contributed by atoms with E-state index >= 15 is 0 Å². The van der Waals surface area contributed by atoms with Crippen molar-refractivity contribution in [3.8, 4) is 5.88 Å². The van der Waals surface area contributed by atoms with Gasteiger partial charge in [0, 0.05) is 17.0 Å². The number of hydrogen-bond acceptors (Lipinski definition) is 3. The van der Waals surface area contributed by atoms with E-state index in [9.17, 15) is 4.79 Å². The molecule has 0 amide bonds. The lowest BCUT2D eigenvalue weighted by Crippen LogP contribution is -1.96. The first-order valence-electron chi connectivity index (χ1n) is 4.67. The molecule has 15 heavy (non-hydrogen) atoms. The number of carbonyl (C=O) groups is 1. The van der Waals surface area contributed by atoms with Crippen LogP contribution in [-0.2, 0) is 0 Å². The molecule has 0 aliphatic carbocycles. The van der Waals surface area contributed by atoms with Crippen LogP contribution in [0.4, 0.5) is 0 Å². The van der Waals surface area contributed by atoms with Gasteiger partial charge in [-0.1, -0.05) is 12.1 Å². The molecule has 3 nitrogen and oxygen atoms in total. The Morgan fingerprint density at radius 3 is 2.73 bits per heavy atom. The van der Waals surface area contributed by atoms with Gasteiger partial charge in [-0.15, -0.1) is 0 Å². The number of methoxy groups -OCH3 is 1. The van der Waals surface area contributed by atoms with E-state index in [1.807, 2.05) is 18.2 Å². The van der Waals surface area contributed by atoms with E-state index in [1.165, 1.54) is 6.92 Å². The molecule has 1 heterocycles. The van der Waals surface area contributed by atoms with Gasteiger partial charge in [0.2, 0.25) is 5.88 Å². The van der Waals surface area contributed by atoms with Crippen LogP contribution in [0.2, 0.25) is 0 Å². The Labute approximate surface area is 87.7 Å². The number of nitrogens with zero attached hydrogens (tertiary/aromatic N) is 1. The minimum absolute atomic E-state index is 0.0151. The largest absolute Gasteiger partial charge is 0.481 e. The van der Waals surface area contributed by atoms with Crippen LogP contribution in [0.3, 0.4) is 0 Å². The lowest BCUT2D eigenvalue weighted by Gasteiger charge is -2.04. The molecule has 0 aliphatic rings. The number of Topliss-reactive ketones (excluding diaryl/α,β-unsaturated/α-hetero) is 1. The van der Waals surface area contributed by atoms with E-state index in [4.69, 9.17) is 4.74 Å². The average Bonchev–Trinajstić information content (AvgIpc) is 2.27. The fourth-order valence-corrected chi connectivity index (χ4v) is 1.53. The second kappa shape index (κ2) is 3.69. The summed E-state index contributed by atoms with van der Waals surface area (Å²) in [5.41, 5.74) is 1.33. The minimum Gasteiger partial charge on any atom is -0.481 e. The van der Waals surface area contributed by atoms with Crippen LogP contribution >= 0.6 is 0 Å². The van der Waals surface area contributed by atoms with Gasteiger partial charge in [-0.25, -0.2) is 4.98 Å². The molecule has 0 radical (unpaired) electrons. The monoisotopic (exact) mass is 201 g/mol. The quantitative estimate of drug-likeness (QED) is 0.700. The van der Waals surface area contributed by atoms with Gasteiger partial charge < -0.3 is 4.74 Å².